The summed E-state index contributed by atoms with van der Waals surface area (Å²) in [6.07, 6.45) is 0. The molecule has 8 nitrogen and oxygen atoms in total. The molecule has 0 saturated carbocycles. The Hall–Kier alpha value is -4.46. The standard InChI is InChI=1S/C25H21N3O5/c1-15-8-11-19(14-16(15)2)27-24(29)22(17-9-12-18(13-10-17)28(31)32)23(25(27)30)26-20-6-4-5-7-21(20)33-3/h4-14,26H,1-3H3. The lowest BCUT2D eigenvalue weighted by Gasteiger charge is -2.17. The fourth-order valence-electron chi connectivity index (χ4n) is 3.65. The number of nitro benzene ring substituents is 1. The molecule has 0 atom stereocenters. The Kier molecular flexibility index (Phi) is 5.66. The van der Waals surface area contributed by atoms with E-state index in [9.17, 15) is 19.7 Å². The summed E-state index contributed by atoms with van der Waals surface area (Å²) in [4.78, 5) is 38.7. The maximum atomic E-state index is 13.5. The van der Waals surface area contributed by atoms with Crippen molar-refractivity contribution in [3.05, 3.63) is 99.2 Å². The van der Waals surface area contributed by atoms with Gasteiger partial charge in [-0.25, -0.2) is 4.90 Å². The van der Waals surface area contributed by atoms with Crippen molar-refractivity contribution in [1.29, 1.82) is 0 Å². The first-order valence-electron chi connectivity index (χ1n) is 10.2. The summed E-state index contributed by atoms with van der Waals surface area (Å²) in [5.74, 6) is -0.546. The number of ether oxygens (including phenoxy) is 1. The van der Waals surface area contributed by atoms with Gasteiger partial charge in [0, 0.05) is 12.1 Å². The molecule has 0 aliphatic carbocycles. The van der Waals surface area contributed by atoms with E-state index in [-0.39, 0.29) is 17.0 Å². The third kappa shape index (κ3) is 3.94. The van der Waals surface area contributed by atoms with Crippen molar-refractivity contribution in [2.24, 2.45) is 0 Å². The molecule has 0 spiro atoms. The van der Waals surface area contributed by atoms with Crippen LogP contribution in [-0.2, 0) is 9.59 Å². The largest absolute Gasteiger partial charge is 0.495 e. The zero-order valence-electron chi connectivity index (χ0n) is 18.3. The molecule has 0 saturated heterocycles. The SMILES string of the molecule is COc1ccccc1NC1=C(c2ccc([N+](=O)[O-])cc2)C(=O)N(c2ccc(C)c(C)c2)C1=O. The number of hydrogen-bond acceptors (Lipinski definition) is 6. The van der Waals surface area contributed by atoms with Crippen molar-refractivity contribution in [2.75, 3.05) is 17.3 Å². The van der Waals surface area contributed by atoms with Gasteiger partial charge in [-0.1, -0.05) is 18.2 Å². The highest BCUT2D eigenvalue weighted by Gasteiger charge is 2.40. The summed E-state index contributed by atoms with van der Waals surface area (Å²) >= 11 is 0. The number of anilines is 2. The van der Waals surface area contributed by atoms with Crippen LogP contribution < -0.4 is 15.0 Å². The Labute approximate surface area is 190 Å². The smallest absolute Gasteiger partial charge is 0.282 e. The molecule has 8 heteroatoms. The quantitative estimate of drug-likeness (QED) is 0.339. The van der Waals surface area contributed by atoms with Crippen LogP contribution in [0.5, 0.6) is 5.75 Å². The fourth-order valence-corrected chi connectivity index (χ4v) is 3.65. The van der Waals surface area contributed by atoms with Crippen molar-refractivity contribution in [2.45, 2.75) is 13.8 Å². The Balaban J connectivity index is 1.84. The van der Waals surface area contributed by atoms with Crippen LogP contribution >= 0.6 is 0 Å². The van der Waals surface area contributed by atoms with Gasteiger partial charge in [-0.3, -0.25) is 19.7 Å². The topological polar surface area (TPSA) is 102 Å². The van der Waals surface area contributed by atoms with Crippen LogP contribution in [0.3, 0.4) is 0 Å². The second-order valence-electron chi connectivity index (χ2n) is 7.59. The van der Waals surface area contributed by atoms with Crippen LogP contribution in [0.25, 0.3) is 5.57 Å². The lowest BCUT2D eigenvalue weighted by molar-refractivity contribution is -0.384. The van der Waals surface area contributed by atoms with E-state index in [0.717, 1.165) is 16.0 Å². The van der Waals surface area contributed by atoms with Gasteiger partial charge in [0.25, 0.3) is 17.5 Å². The van der Waals surface area contributed by atoms with E-state index >= 15 is 0 Å². The Morgan fingerprint density at radius 3 is 2.24 bits per heavy atom. The average Bonchev–Trinajstić information content (AvgIpc) is 3.05. The summed E-state index contributed by atoms with van der Waals surface area (Å²) < 4.78 is 5.37. The molecule has 33 heavy (non-hydrogen) atoms. The van der Waals surface area contributed by atoms with E-state index in [2.05, 4.69) is 5.32 Å². The molecule has 0 bridgehead atoms. The number of para-hydroxylation sites is 2. The van der Waals surface area contributed by atoms with Crippen molar-refractivity contribution in [1.82, 2.24) is 0 Å². The van der Waals surface area contributed by atoms with Gasteiger partial charge in [0.2, 0.25) is 0 Å². The van der Waals surface area contributed by atoms with Crippen LogP contribution in [0.15, 0.2) is 72.4 Å². The fraction of sp³-hybridized carbons (Fsp3) is 0.120. The van der Waals surface area contributed by atoms with Gasteiger partial charge in [0.15, 0.2) is 0 Å². The van der Waals surface area contributed by atoms with Crippen LogP contribution in [0.1, 0.15) is 16.7 Å². The Bertz CT molecular complexity index is 1310. The van der Waals surface area contributed by atoms with Crippen molar-refractivity contribution >= 4 is 34.4 Å². The minimum atomic E-state index is -0.525. The highest BCUT2D eigenvalue weighted by Crippen LogP contribution is 2.36. The maximum absolute atomic E-state index is 13.5. The molecule has 0 radical (unpaired) electrons. The summed E-state index contributed by atoms with van der Waals surface area (Å²) in [5.41, 5.74) is 3.41. The number of rotatable bonds is 6. The van der Waals surface area contributed by atoms with E-state index < -0.39 is 16.7 Å². The van der Waals surface area contributed by atoms with Crippen molar-refractivity contribution in [3.63, 3.8) is 0 Å². The molecule has 0 unspecified atom stereocenters. The Morgan fingerprint density at radius 2 is 1.61 bits per heavy atom. The zero-order chi connectivity index (χ0) is 23.7. The van der Waals surface area contributed by atoms with Gasteiger partial charge in [-0.05, 0) is 66.9 Å². The van der Waals surface area contributed by atoms with E-state index in [1.54, 1.807) is 36.4 Å². The number of benzene rings is 3. The second-order valence-corrected chi connectivity index (χ2v) is 7.59. The van der Waals surface area contributed by atoms with Crippen LogP contribution in [-0.4, -0.2) is 23.8 Å². The predicted octanol–water partition coefficient (Wildman–Crippen LogP) is 4.62. The summed E-state index contributed by atoms with van der Waals surface area (Å²) in [6, 6.07) is 17.9. The molecule has 1 aliphatic heterocycles. The van der Waals surface area contributed by atoms with E-state index in [0.29, 0.717) is 22.7 Å². The van der Waals surface area contributed by atoms with Gasteiger partial charge in [0.1, 0.15) is 11.4 Å². The van der Waals surface area contributed by atoms with Crippen molar-refractivity contribution < 1.29 is 19.2 Å². The minimum absolute atomic E-state index is 0.0663. The third-order valence-corrected chi connectivity index (χ3v) is 5.57. The first kappa shape index (κ1) is 21.8. The number of nitro groups is 1. The Morgan fingerprint density at radius 1 is 0.909 bits per heavy atom. The number of non-ortho nitro benzene ring substituents is 1. The molecule has 0 aromatic heterocycles. The van der Waals surface area contributed by atoms with E-state index in [1.807, 2.05) is 19.9 Å². The molecule has 166 valence electrons. The molecule has 3 aromatic rings. The maximum Gasteiger partial charge on any atom is 0.282 e. The van der Waals surface area contributed by atoms with Crippen LogP contribution in [0.2, 0.25) is 0 Å². The predicted molar refractivity (Wildman–Crippen MR) is 125 cm³/mol. The number of nitrogens with zero attached hydrogens (tertiary/aromatic N) is 2. The van der Waals surface area contributed by atoms with Gasteiger partial charge < -0.3 is 10.1 Å². The normalized spacial score (nSPS) is 13.5. The number of carbonyl (C=O) groups excluding carboxylic acids is 2. The lowest BCUT2D eigenvalue weighted by Crippen LogP contribution is -2.32. The highest BCUT2D eigenvalue weighted by molar-refractivity contribution is 6.46. The number of hydrogen-bond donors (Lipinski definition) is 1. The zero-order valence-corrected chi connectivity index (χ0v) is 18.3. The van der Waals surface area contributed by atoms with Crippen molar-refractivity contribution in [3.8, 4) is 5.75 Å². The molecular weight excluding hydrogens is 422 g/mol. The number of imide groups is 1. The van der Waals surface area contributed by atoms with Crippen LogP contribution in [0.4, 0.5) is 17.1 Å². The summed E-state index contributed by atoms with van der Waals surface area (Å²) in [6.45, 7) is 3.85. The third-order valence-electron chi connectivity index (χ3n) is 5.57. The molecule has 1 N–H and O–H groups in total. The molecule has 0 fully saturated rings. The average molecular weight is 443 g/mol. The molecule has 1 heterocycles. The molecular formula is C25H21N3O5. The molecule has 3 aromatic carbocycles. The first-order valence-corrected chi connectivity index (χ1v) is 10.2. The molecule has 4 rings (SSSR count). The van der Waals surface area contributed by atoms with Crippen LogP contribution in [0, 0.1) is 24.0 Å². The van der Waals surface area contributed by atoms with Gasteiger partial charge in [-0.15, -0.1) is 0 Å². The number of carbonyl (C=O) groups is 2. The van der Waals surface area contributed by atoms with Gasteiger partial charge in [0.05, 0.1) is 29.0 Å². The monoisotopic (exact) mass is 443 g/mol. The highest BCUT2D eigenvalue weighted by atomic mass is 16.6. The first-order chi connectivity index (χ1) is 15.8. The second kappa shape index (κ2) is 8.58. The number of nitrogens with one attached hydrogen (secondary N) is 1. The van der Waals surface area contributed by atoms with Gasteiger partial charge in [-0.2, -0.15) is 0 Å². The number of aryl methyl sites for hydroxylation is 2. The van der Waals surface area contributed by atoms with Gasteiger partial charge >= 0.3 is 0 Å². The number of methoxy groups -OCH3 is 1. The minimum Gasteiger partial charge on any atom is -0.495 e. The van der Waals surface area contributed by atoms with E-state index in [1.165, 1.54) is 31.4 Å². The molecule has 1 aliphatic rings. The van der Waals surface area contributed by atoms with E-state index in [4.69, 9.17) is 4.74 Å². The summed E-state index contributed by atoms with van der Waals surface area (Å²) in [7, 11) is 1.51. The number of amides is 2. The molecule has 2 amide bonds. The lowest BCUT2D eigenvalue weighted by atomic mass is 10.0. The summed E-state index contributed by atoms with van der Waals surface area (Å²) in [5, 5.41) is 14.1.